The van der Waals surface area contributed by atoms with Crippen molar-refractivity contribution >= 4 is 28.9 Å². The van der Waals surface area contributed by atoms with Crippen LogP contribution in [0.3, 0.4) is 0 Å². The fourth-order valence-corrected chi connectivity index (χ4v) is 3.62. The SMILES string of the molecule is CC1(C)Oc2cc(N)ccc2N(c2ccc(Cc3ccccc3)c(C(=O)O)c2)C1=O. The molecule has 0 saturated heterocycles. The second kappa shape index (κ2) is 7.22. The predicted octanol–water partition coefficient (Wildman–Crippen LogP) is 4.39. The van der Waals surface area contributed by atoms with Crippen LogP contribution in [0.15, 0.2) is 66.7 Å². The van der Waals surface area contributed by atoms with Gasteiger partial charge in [0.25, 0.3) is 5.91 Å². The summed E-state index contributed by atoms with van der Waals surface area (Å²) in [5.74, 6) is -0.850. The van der Waals surface area contributed by atoms with Crippen LogP contribution in [-0.2, 0) is 11.2 Å². The number of aromatic carboxylic acids is 1. The third-order valence-corrected chi connectivity index (χ3v) is 5.13. The Balaban J connectivity index is 1.81. The minimum absolute atomic E-state index is 0.158. The highest BCUT2D eigenvalue weighted by molar-refractivity contribution is 6.08. The first-order valence-electron chi connectivity index (χ1n) is 9.59. The van der Waals surface area contributed by atoms with Crippen LogP contribution in [0.1, 0.15) is 35.3 Å². The Morgan fingerprint density at radius 2 is 1.80 bits per heavy atom. The highest BCUT2D eigenvalue weighted by Crippen LogP contribution is 2.43. The summed E-state index contributed by atoms with van der Waals surface area (Å²) in [6, 6.07) is 19.8. The number of anilines is 3. The van der Waals surface area contributed by atoms with Crippen molar-refractivity contribution in [2.45, 2.75) is 25.9 Å². The average molecular weight is 402 g/mol. The minimum atomic E-state index is -1.12. The van der Waals surface area contributed by atoms with Gasteiger partial charge in [-0.2, -0.15) is 0 Å². The number of nitrogens with two attached hydrogens (primary N) is 1. The first-order chi connectivity index (χ1) is 14.3. The lowest BCUT2D eigenvalue weighted by Gasteiger charge is -2.39. The molecular weight excluding hydrogens is 380 g/mol. The summed E-state index contributed by atoms with van der Waals surface area (Å²) in [7, 11) is 0. The van der Waals surface area contributed by atoms with Crippen LogP contribution in [0.25, 0.3) is 0 Å². The number of rotatable bonds is 4. The van der Waals surface area contributed by atoms with Gasteiger partial charge >= 0.3 is 5.97 Å². The summed E-state index contributed by atoms with van der Waals surface area (Å²) in [5.41, 5.74) is 8.13. The van der Waals surface area contributed by atoms with Gasteiger partial charge in [-0.25, -0.2) is 4.79 Å². The van der Waals surface area contributed by atoms with Gasteiger partial charge in [0, 0.05) is 11.8 Å². The van der Waals surface area contributed by atoms with E-state index in [4.69, 9.17) is 10.5 Å². The molecule has 0 bridgehead atoms. The van der Waals surface area contributed by atoms with E-state index in [9.17, 15) is 14.7 Å². The molecule has 3 aromatic rings. The van der Waals surface area contributed by atoms with Crippen LogP contribution in [0.2, 0.25) is 0 Å². The lowest BCUT2D eigenvalue weighted by molar-refractivity contribution is -0.131. The largest absolute Gasteiger partial charge is 0.478 e. The van der Waals surface area contributed by atoms with Crippen molar-refractivity contribution in [2.24, 2.45) is 0 Å². The van der Waals surface area contributed by atoms with E-state index < -0.39 is 11.6 Å². The first-order valence-corrected chi connectivity index (χ1v) is 9.59. The maximum absolute atomic E-state index is 13.2. The molecular formula is C24H22N2O4. The fourth-order valence-electron chi connectivity index (χ4n) is 3.62. The molecule has 0 spiro atoms. The van der Waals surface area contributed by atoms with Crippen molar-refractivity contribution in [2.75, 3.05) is 10.6 Å². The molecule has 4 rings (SSSR count). The van der Waals surface area contributed by atoms with E-state index >= 15 is 0 Å². The number of carbonyl (C=O) groups is 2. The fraction of sp³-hybridized carbons (Fsp3) is 0.167. The van der Waals surface area contributed by atoms with Gasteiger partial charge in [-0.15, -0.1) is 0 Å². The lowest BCUT2D eigenvalue weighted by atomic mass is 9.97. The summed E-state index contributed by atoms with van der Waals surface area (Å²) >= 11 is 0. The molecule has 6 heteroatoms. The number of amides is 1. The smallest absolute Gasteiger partial charge is 0.336 e. The van der Waals surface area contributed by atoms with Crippen LogP contribution in [-0.4, -0.2) is 22.6 Å². The number of fused-ring (bicyclic) bond motifs is 1. The van der Waals surface area contributed by atoms with Gasteiger partial charge in [0.15, 0.2) is 5.60 Å². The Hall–Kier alpha value is -3.80. The zero-order valence-electron chi connectivity index (χ0n) is 16.8. The molecule has 1 heterocycles. The molecule has 0 aromatic heterocycles. The molecule has 0 atom stereocenters. The number of carboxylic acids is 1. The predicted molar refractivity (Wildman–Crippen MR) is 115 cm³/mol. The van der Waals surface area contributed by atoms with Crippen LogP contribution in [0.5, 0.6) is 5.75 Å². The Morgan fingerprint density at radius 1 is 1.07 bits per heavy atom. The summed E-state index contributed by atoms with van der Waals surface area (Å²) in [6.07, 6.45) is 0.485. The van der Waals surface area contributed by atoms with Crippen LogP contribution in [0, 0.1) is 0 Å². The second-order valence-corrected chi connectivity index (χ2v) is 7.79. The van der Waals surface area contributed by atoms with Gasteiger partial charge < -0.3 is 15.6 Å². The number of hydrogen-bond acceptors (Lipinski definition) is 4. The van der Waals surface area contributed by atoms with Crippen molar-refractivity contribution in [3.05, 3.63) is 83.4 Å². The van der Waals surface area contributed by atoms with Crippen molar-refractivity contribution in [3.63, 3.8) is 0 Å². The van der Waals surface area contributed by atoms with E-state index in [1.807, 2.05) is 30.3 Å². The van der Waals surface area contributed by atoms with Crippen LogP contribution in [0.4, 0.5) is 17.1 Å². The van der Waals surface area contributed by atoms with Crippen molar-refractivity contribution in [1.82, 2.24) is 0 Å². The van der Waals surface area contributed by atoms with E-state index in [0.717, 1.165) is 5.56 Å². The zero-order chi connectivity index (χ0) is 21.5. The maximum Gasteiger partial charge on any atom is 0.336 e. The number of nitrogens with zero attached hydrogens (tertiary/aromatic N) is 1. The second-order valence-electron chi connectivity index (χ2n) is 7.79. The van der Waals surface area contributed by atoms with Crippen molar-refractivity contribution < 1.29 is 19.4 Å². The summed E-state index contributed by atoms with van der Waals surface area (Å²) in [6.45, 7) is 3.35. The van der Waals surface area contributed by atoms with Gasteiger partial charge in [0.05, 0.1) is 16.9 Å². The molecule has 6 nitrogen and oxygen atoms in total. The molecule has 30 heavy (non-hydrogen) atoms. The van der Waals surface area contributed by atoms with Gasteiger partial charge in [-0.1, -0.05) is 36.4 Å². The molecule has 0 unspecified atom stereocenters. The zero-order valence-corrected chi connectivity index (χ0v) is 16.8. The van der Waals surface area contributed by atoms with Gasteiger partial charge in [-0.05, 0) is 55.7 Å². The lowest BCUT2D eigenvalue weighted by Crippen LogP contribution is -2.50. The number of carbonyl (C=O) groups excluding carboxylic acids is 1. The number of ether oxygens (including phenoxy) is 1. The quantitative estimate of drug-likeness (QED) is 0.631. The highest BCUT2D eigenvalue weighted by Gasteiger charge is 2.42. The molecule has 0 radical (unpaired) electrons. The van der Waals surface area contributed by atoms with E-state index in [2.05, 4.69) is 0 Å². The molecule has 3 aromatic carbocycles. The Morgan fingerprint density at radius 3 is 2.50 bits per heavy atom. The molecule has 0 fully saturated rings. The van der Waals surface area contributed by atoms with E-state index in [-0.39, 0.29) is 11.5 Å². The number of nitrogen functional groups attached to an aromatic ring is 1. The van der Waals surface area contributed by atoms with Gasteiger partial charge in [-0.3, -0.25) is 9.69 Å². The van der Waals surface area contributed by atoms with E-state index in [1.54, 1.807) is 50.2 Å². The summed E-state index contributed by atoms with van der Waals surface area (Å²) in [4.78, 5) is 26.7. The van der Waals surface area contributed by atoms with Gasteiger partial charge in [0.2, 0.25) is 0 Å². The summed E-state index contributed by atoms with van der Waals surface area (Å²) < 4.78 is 5.86. The third-order valence-electron chi connectivity index (χ3n) is 5.13. The number of benzene rings is 3. The van der Waals surface area contributed by atoms with Crippen molar-refractivity contribution in [3.8, 4) is 5.75 Å². The molecule has 0 aliphatic carbocycles. The normalized spacial score (nSPS) is 14.7. The van der Waals surface area contributed by atoms with Crippen LogP contribution >= 0.6 is 0 Å². The maximum atomic E-state index is 13.2. The minimum Gasteiger partial charge on any atom is -0.478 e. The van der Waals surface area contributed by atoms with Crippen LogP contribution < -0.4 is 15.4 Å². The van der Waals surface area contributed by atoms with Gasteiger partial charge in [0.1, 0.15) is 5.75 Å². The Bertz CT molecular complexity index is 1140. The topological polar surface area (TPSA) is 92.9 Å². The number of hydrogen-bond donors (Lipinski definition) is 2. The van der Waals surface area contributed by atoms with E-state index in [1.165, 1.54) is 4.90 Å². The molecule has 1 aliphatic heterocycles. The highest BCUT2D eigenvalue weighted by atomic mass is 16.5. The Labute approximate surface area is 174 Å². The molecule has 3 N–H and O–H groups in total. The molecule has 152 valence electrons. The van der Waals surface area contributed by atoms with E-state index in [0.29, 0.717) is 34.8 Å². The Kier molecular flexibility index (Phi) is 4.70. The monoisotopic (exact) mass is 402 g/mol. The standard InChI is InChI=1S/C24H22N2O4/c1-24(2)23(29)26(20-11-9-17(25)13-21(20)30-24)18-10-8-16(19(14-18)22(27)28)12-15-6-4-3-5-7-15/h3-11,13-14H,12,25H2,1-2H3,(H,27,28). The number of carboxylic acid groups (broad SMARTS) is 1. The molecule has 0 saturated carbocycles. The first kappa shape index (κ1) is 19.5. The van der Waals surface area contributed by atoms with Crippen molar-refractivity contribution in [1.29, 1.82) is 0 Å². The molecule has 1 aliphatic rings. The summed E-state index contributed by atoms with van der Waals surface area (Å²) in [5, 5.41) is 9.82. The average Bonchev–Trinajstić information content (AvgIpc) is 2.70. The molecule has 1 amide bonds. The third kappa shape index (κ3) is 3.48.